The molecule has 1 aliphatic heterocycles. The van der Waals surface area contributed by atoms with Crippen molar-refractivity contribution in [2.75, 3.05) is 20.8 Å². The molecule has 0 aliphatic carbocycles. The lowest BCUT2D eigenvalue weighted by Crippen LogP contribution is -2.45. The lowest BCUT2D eigenvalue weighted by Gasteiger charge is -2.37. The van der Waals surface area contributed by atoms with E-state index in [0.717, 1.165) is 24.9 Å². The number of rotatable bonds is 5. The highest BCUT2D eigenvalue weighted by Crippen LogP contribution is 2.38. The summed E-state index contributed by atoms with van der Waals surface area (Å²) in [5.74, 6) is 0.0516. The van der Waals surface area contributed by atoms with Gasteiger partial charge in [-0.2, -0.15) is 0 Å². The molecular formula is C16H22ClNO4. The van der Waals surface area contributed by atoms with Gasteiger partial charge in [-0.05, 0) is 37.9 Å². The Bertz CT molecular complexity index is 549. The average molecular weight is 328 g/mol. The number of halogens is 1. The number of carbonyl (C=O) groups is 1. The zero-order chi connectivity index (χ0) is 16.3. The van der Waals surface area contributed by atoms with Crippen LogP contribution in [0.3, 0.4) is 0 Å². The first-order chi connectivity index (χ1) is 10.5. The van der Waals surface area contributed by atoms with Gasteiger partial charge in [-0.1, -0.05) is 17.7 Å². The summed E-state index contributed by atoms with van der Waals surface area (Å²) in [6, 6.07) is 3.71. The fraction of sp³-hybridized carbons (Fsp3) is 0.562. The molecule has 1 saturated heterocycles. The highest BCUT2D eigenvalue weighted by molar-refractivity contribution is 6.33. The highest BCUT2D eigenvalue weighted by Gasteiger charge is 2.33. The van der Waals surface area contributed by atoms with Gasteiger partial charge in [0.05, 0.1) is 25.2 Å². The Kier molecular flexibility index (Phi) is 5.53. The molecule has 5 nitrogen and oxygen atoms in total. The molecule has 0 saturated carbocycles. The van der Waals surface area contributed by atoms with Crippen molar-refractivity contribution in [2.45, 2.75) is 32.4 Å². The molecule has 0 spiro atoms. The highest BCUT2D eigenvalue weighted by atomic mass is 35.5. The van der Waals surface area contributed by atoms with Crippen LogP contribution < -0.4 is 9.47 Å². The molecule has 1 heterocycles. The molecule has 0 amide bonds. The molecule has 2 rings (SSSR count). The quantitative estimate of drug-likeness (QED) is 0.900. The van der Waals surface area contributed by atoms with E-state index in [1.165, 1.54) is 0 Å². The van der Waals surface area contributed by atoms with Gasteiger partial charge in [0.2, 0.25) is 0 Å². The van der Waals surface area contributed by atoms with Crippen molar-refractivity contribution >= 4 is 17.6 Å². The standard InChI is InChI=1S/C16H22ClNO4/c1-10-12(16(19)20)5-4-8-18(10)9-11-6-7-13(21-2)15(22-3)14(11)17/h6-7,10,12H,4-5,8-9H2,1-3H3,(H,19,20)/t10-,12-/m0/s1. The zero-order valence-corrected chi connectivity index (χ0v) is 13.9. The Morgan fingerprint density at radius 2 is 2.14 bits per heavy atom. The Hall–Kier alpha value is -1.46. The van der Waals surface area contributed by atoms with E-state index < -0.39 is 5.97 Å². The van der Waals surface area contributed by atoms with Crippen LogP contribution >= 0.6 is 11.6 Å². The Morgan fingerprint density at radius 1 is 1.41 bits per heavy atom. The van der Waals surface area contributed by atoms with Crippen molar-refractivity contribution in [3.8, 4) is 11.5 Å². The summed E-state index contributed by atoms with van der Waals surface area (Å²) in [6.07, 6.45) is 1.61. The van der Waals surface area contributed by atoms with Gasteiger partial charge in [-0.15, -0.1) is 0 Å². The summed E-state index contributed by atoms with van der Waals surface area (Å²) < 4.78 is 10.5. The third kappa shape index (κ3) is 3.31. The number of aliphatic carboxylic acids is 1. The number of ether oxygens (including phenoxy) is 2. The number of piperidine rings is 1. The molecular weight excluding hydrogens is 306 g/mol. The van der Waals surface area contributed by atoms with E-state index >= 15 is 0 Å². The number of likely N-dealkylation sites (tertiary alicyclic amines) is 1. The van der Waals surface area contributed by atoms with Gasteiger partial charge in [-0.25, -0.2) is 0 Å². The SMILES string of the molecule is COc1ccc(CN2CCC[C@H](C(=O)O)[C@@H]2C)c(Cl)c1OC. The lowest BCUT2D eigenvalue weighted by molar-refractivity contribution is -0.145. The summed E-state index contributed by atoms with van der Waals surface area (Å²) in [7, 11) is 3.12. The molecule has 2 atom stereocenters. The maximum Gasteiger partial charge on any atom is 0.308 e. The zero-order valence-electron chi connectivity index (χ0n) is 13.1. The van der Waals surface area contributed by atoms with Crippen molar-refractivity contribution in [1.29, 1.82) is 0 Å². The largest absolute Gasteiger partial charge is 0.493 e. The van der Waals surface area contributed by atoms with E-state index in [1.807, 2.05) is 19.1 Å². The van der Waals surface area contributed by atoms with Gasteiger partial charge >= 0.3 is 5.97 Å². The van der Waals surface area contributed by atoms with Crippen LogP contribution in [-0.2, 0) is 11.3 Å². The minimum atomic E-state index is -0.726. The molecule has 0 unspecified atom stereocenters. The number of carboxylic acids is 1. The molecule has 6 heteroatoms. The molecule has 122 valence electrons. The Labute approximate surface area is 135 Å². The Morgan fingerprint density at radius 3 is 2.73 bits per heavy atom. The summed E-state index contributed by atoms with van der Waals surface area (Å²) in [5, 5.41) is 9.83. The maximum absolute atomic E-state index is 11.3. The Balaban J connectivity index is 2.21. The summed E-state index contributed by atoms with van der Waals surface area (Å²) in [4.78, 5) is 13.5. The van der Waals surface area contributed by atoms with Gasteiger partial charge in [-0.3, -0.25) is 9.69 Å². The lowest BCUT2D eigenvalue weighted by atomic mass is 9.90. The minimum absolute atomic E-state index is 0.0181. The van der Waals surface area contributed by atoms with E-state index in [9.17, 15) is 9.90 Å². The fourth-order valence-electron chi connectivity index (χ4n) is 3.04. The van der Waals surface area contributed by atoms with Crippen LogP contribution in [0.15, 0.2) is 12.1 Å². The van der Waals surface area contributed by atoms with Crippen LogP contribution in [0, 0.1) is 5.92 Å². The first-order valence-corrected chi connectivity index (χ1v) is 7.73. The second-order valence-corrected chi connectivity index (χ2v) is 5.95. The topological polar surface area (TPSA) is 59.0 Å². The van der Waals surface area contributed by atoms with Gasteiger partial charge in [0, 0.05) is 12.6 Å². The van der Waals surface area contributed by atoms with Crippen LogP contribution in [-0.4, -0.2) is 42.8 Å². The second-order valence-electron chi connectivity index (χ2n) is 5.57. The molecule has 0 aromatic heterocycles. The maximum atomic E-state index is 11.3. The van der Waals surface area contributed by atoms with Crippen LogP contribution in [0.1, 0.15) is 25.3 Å². The first kappa shape index (κ1) is 16.9. The molecule has 1 aliphatic rings. The first-order valence-electron chi connectivity index (χ1n) is 7.35. The normalized spacial score (nSPS) is 22.4. The molecule has 1 aromatic carbocycles. The molecule has 1 N–H and O–H groups in total. The van der Waals surface area contributed by atoms with Crippen molar-refractivity contribution in [1.82, 2.24) is 4.90 Å². The van der Waals surface area contributed by atoms with Gasteiger partial charge in [0.25, 0.3) is 0 Å². The molecule has 0 bridgehead atoms. The van der Waals surface area contributed by atoms with E-state index in [1.54, 1.807) is 14.2 Å². The predicted molar refractivity (Wildman–Crippen MR) is 84.8 cm³/mol. The second kappa shape index (κ2) is 7.20. The van der Waals surface area contributed by atoms with Crippen molar-refractivity contribution in [3.05, 3.63) is 22.7 Å². The smallest absolute Gasteiger partial charge is 0.308 e. The van der Waals surface area contributed by atoms with E-state index in [-0.39, 0.29) is 12.0 Å². The molecule has 1 fully saturated rings. The number of benzene rings is 1. The summed E-state index contributed by atoms with van der Waals surface area (Å²) >= 11 is 6.41. The summed E-state index contributed by atoms with van der Waals surface area (Å²) in [6.45, 7) is 3.44. The van der Waals surface area contributed by atoms with E-state index in [2.05, 4.69) is 4.90 Å². The van der Waals surface area contributed by atoms with Crippen molar-refractivity contribution in [2.24, 2.45) is 5.92 Å². The minimum Gasteiger partial charge on any atom is -0.493 e. The molecule has 1 aromatic rings. The van der Waals surface area contributed by atoms with Gasteiger partial charge in [0.1, 0.15) is 0 Å². The third-order valence-electron chi connectivity index (χ3n) is 4.37. The summed E-state index contributed by atoms with van der Waals surface area (Å²) in [5.41, 5.74) is 0.914. The fourth-order valence-corrected chi connectivity index (χ4v) is 3.33. The number of hydrogen-bond donors (Lipinski definition) is 1. The van der Waals surface area contributed by atoms with E-state index in [4.69, 9.17) is 21.1 Å². The van der Waals surface area contributed by atoms with Gasteiger partial charge in [0.15, 0.2) is 11.5 Å². The van der Waals surface area contributed by atoms with Crippen LogP contribution in [0.2, 0.25) is 5.02 Å². The number of nitrogens with zero attached hydrogens (tertiary/aromatic N) is 1. The van der Waals surface area contributed by atoms with E-state index in [0.29, 0.717) is 23.1 Å². The third-order valence-corrected chi connectivity index (χ3v) is 4.79. The monoisotopic (exact) mass is 327 g/mol. The van der Waals surface area contributed by atoms with Crippen LogP contribution in [0.5, 0.6) is 11.5 Å². The van der Waals surface area contributed by atoms with Crippen molar-refractivity contribution < 1.29 is 19.4 Å². The number of hydrogen-bond acceptors (Lipinski definition) is 4. The molecule has 22 heavy (non-hydrogen) atoms. The predicted octanol–water partition coefficient (Wildman–Crippen LogP) is 3.04. The van der Waals surface area contributed by atoms with Crippen LogP contribution in [0.25, 0.3) is 0 Å². The molecule has 0 radical (unpaired) electrons. The van der Waals surface area contributed by atoms with Crippen molar-refractivity contribution in [3.63, 3.8) is 0 Å². The average Bonchev–Trinajstić information content (AvgIpc) is 2.50. The number of methoxy groups -OCH3 is 2. The van der Waals surface area contributed by atoms with Gasteiger partial charge < -0.3 is 14.6 Å². The number of carboxylic acid groups (broad SMARTS) is 1. The van der Waals surface area contributed by atoms with Crippen LogP contribution in [0.4, 0.5) is 0 Å².